The van der Waals surface area contributed by atoms with Crippen LogP contribution in [0.3, 0.4) is 0 Å². The molecule has 2 amide bonds. The summed E-state index contributed by atoms with van der Waals surface area (Å²) in [6.07, 6.45) is 2.84. The van der Waals surface area contributed by atoms with Crippen molar-refractivity contribution in [2.75, 3.05) is 39.4 Å². The summed E-state index contributed by atoms with van der Waals surface area (Å²) in [7, 11) is -4.11. The number of aromatic nitrogens is 4. The molecule has 6 rings (SSSR count). The Kier molecular flexibility index (Phi) is 15.2. The van der Waals surface area contributed by atoms with Crippen LogP contribution in [-0.2, 0) is 47.6 Å². The lowest BCUT2D eigenvalue weighted by atomic mass is 10.0. The first-order valence-corrected chi connectivity index (χ1v) is 19.6. The van der Waals surface area contributed by atoms with Crippen LogP contribution in [0.15, 0.2) is 48.0 Å². The van der Waals surface area contributed by atoms with E-state index in [1.54, 1.807) is 16.2 Å². The number of benzene rings is 2. The second kappa shape index (κ2) is 19.4. The molecule has 57 heavy (non-hydrogen) atoms. The number of nitrogens with zero attached hydrogens (tertiary/aromatic N) is 5. The highest BCUT2D eigenvalue weighted by Crippen LogP contribution is 2.34. The van der Waals surface area contributed by atoms with Crippen molar-refractivity contribution in [2.24, 2.45) is 7.05 Å². The molecule has 15 nitrogen and oxygen atoms in total. The molecule has 0 aliphatic carbocycles. The van der Waals surface area contributed by atoms with E-state index in [0.29, 0.717) is 26.2 Å². The summed E-state index contributed by atoms with van der Waals surface area (Å²) in [5.74, 6) is -1.25. The zero-order valence-electron chi connectivity index (χ0n) is 30.4. The van der Waals surface area contributed by atoms with Crippen LogP contribution in [0.4, 0.5) is 31.1 Å². The molecule has 0 atom stereocenters. The average Bonchev–Trinajstić information content (AvgIpc) is 3.95. The number of ether oxygens (including phenoxy) is 2. The lowest BCUT2D eigenvalue weighted by molar-refractivity contribution is -0.661. The predicted octanol–water partition coefficient (Wildman–Crippen LogP) is 1.86. The van der Waals surface area contributed by atoms with E-state index >= 15 is 0 Å². The highest BCUT2D eigenvalue weighted by atomic mass is 32.2. The van der Waals surface area contributed by atoms with Gasteiger partial charge >= 0.3 is 17.7 Å². The zero-order valence-corrected chi connectivity index (χ0v) is 32.0. The van der Waals surface area contributed by atoms with E-state index in [4.69, 9.17) is 42.5 Å². The number of urea groups is 1. The standard InChI is InChI=1S/C31H37N7O3S.C2HF3O2.CHF3O3S/c1-36-26(4-2-3-12-32)20-38(35-36)25-8-9-27(29(19-25)41-17-15-37-14-13-33-31(37)39)30-34-24(21-42-30)7-5-22-6-10-28-23(18-22)11-16-40-28;3-2(4,5)1(6)7;2-1(3,4)8(5,6)7/h6,8-10,18-21H,2-5,7,11-17,32H2,1H3;(H,6,7);(H,5,6,7). The number of aliphatic carboxylic acids is 1. The van der Waals surface area contributed by atoms with Gasteiger partial charge in [-0.1, -0.05) is 12.1 Å². The van der Waals surface area contributed by atoms with E-state index in [0.717, 1.165) is 85.1 Å². The van der Waals surface area contributed by atoms with Gasteiger partial charge in [-0.2, -0.15) is 26.3 Å². The minimum Gasteiger partial charge on any atom is -0.741 e. The Hall–Kier alpha value is -5.00. The molecular weight excluding hydrogens is 813 g/mol. The summed E-state index contributed by atoms with van der Waals surface area (Å²) in [6.45, 7) is 4.02. The number of quaternary nitrogens is 1. The molecule has 2 aromatic carbocycles. The molecular formula is C34H39F6N7O8S2. The van der Waals surface area contributed by atoms with Gasteiger partial charge in [-0.3, -0.25) is 0 Å². The first kappa shape index (κ1) is 44.7. The van der Waals surface area contributed by atoms with Crippen molar-refractivity contribution in [1.82, 2.24) is 25.1 Å². The number of carboxylic acids is 1. The molecule has 4 aromatic rings. The normalized spacial score (nSPS) is 13.8. The quantitative estimate of drug-likeness (QED) is 0.0656. The Labute approximate surface area is 326 Å². The maximum absolute atomic E-state index is 12.0. The summed E-state index contributed by atoms with van der Waals surface area (Å²) in [5.41, 5.74) is 5.03. The van der Waals surface area contributed by atoms with Crippen molar-refractivity contribution < 1.29 is 73.9 Å². The number of hydrogen-bond donors (Lipinski definition) is 2. The molecule has 23 heteroatoms. The third-order valence-electron chi connectivity index (χ3n) is 8.36. The molecule has 0 unspecified atom stereocenters. The van der Waals surface area contributed by atoms with Crippen LogP contribution in [0, 0.1) is 0 Å². The summed E-state index contributed by atoms with van der Waals surface area (Å²) < 4.78 is 106. The summed E-state index contributed by atoms with van der Waals surface area (Å²) in [5, 5.41) is 19.4. The second-order valence-electron chi connectivity index (χ2n) is 12.5. The Morgan fingerprint density at radius 2 is 1.82 bits per heavy atom. The van der Waals surface area contributed by atoms with Crippen molar-refractivity contribution in [3.05, 3.63) is 70.5 Å². The van der Waals surface area contributed by atoms with E-state index in [-0.39, 0.29) is 6.03 Å². The number of halogens is 6. The number of carboxylic acid groups (broad SMARTS) is 1. The number of thiazole rings is 1. The van der Waals surface area contributed by atoms with Gasteiger partial charge in [-0.05, 0) is 55.0 Å². The van der Waals surface area contributed by atoms with Gasteiger partial charge in [-0.15, -0.1) is 20.7 Å². The van der Waals surface area contributed by atoms with Crippen LogP contribution in [0.1, 0.15) is 35.4 Å². The summed E-state index contributed by atoms with van der Waals surface area (Å²) in [4.78, 5) is 27.6. The van der Waals surface area contributed by atoms with Crippen molar-refractivity contribution in [3.8, 4) is 27.8 Å². The van der Waals surface area contributed by atoms with Crippen molar-refractivity contribution >= 4 is 33.5 Å². The monoisotopic (exact) mass is 851 g/mol. The molecule has 2 aliphatic rings. The zero-order chi connectivity index (χ0) is 42.0. The van der Waals surface area contributed by atoms with Gasteiger partial charge in [0.05, 0.1) is 36.2 Å². The molecule has 1 fully saturated rings. The number of aryl methyl sites for hydroxylation is 4. The Balaban J connectivity index is 0.000000408. The Bertz CT molecular complexity index is 2110. The third kappa shape index (κ3) is 13.0. The van der Waals surface area contributed by atoms with Crippen LogP contribution < -0.4 is 30.3 Å². The first-order valence-electron chi connectivity index (χ1n) is 17.3. The van der Waals surface area contributed by atoms with Gasteiger partial charge in [-0.25, -0.2) is 18.2 Å². The van der Waals surface area contributed by atoms with Gasteiger partial charge in [0.25, 0.3) is 0 Å². The predicted molar refractivity (Wildman–Crippen MR) is 187 cm³/mol. The number of fused-ring (bicyclic) bond motifs is 1. The molecule has 1 saturated heterocycles. The molecule has 0 bridgehead atoms. The number of carbonyl (C=O) groups is 2. The molecule has 4 heterocycles. The van der Waals surface area contributed by atoms with E-state index in [9.17, 15) is 31.1 Å². The average molecular weight is 852 g/mol. The van der Waals surface area contributed by atoms with E-state index in [1.807, 2.05) is 22.5 Å². The number of carbonyl (C=O) groups excluding carboxylic acids is 2. The minimum absolute atomic E-state index is 0.0385. The van der Waals surface area contributed by atoms with Crippen LogP contribution in [0.5, 0.6) is 11.5 Å². The molecule has 312 valence electrons. The van der Waals surface area contributed by atoms with Crippen molar-refractivity contribution in [1.29, 1.82) is 0 Å². The number of unbranched alkanes of at least 4 members (excludes halogenated alkanes) is 1. The molecule has 4 N–H and O–H groups in total. The van der Waals surface area contributed by atoms with E-state index < -0.39 is 27.8 Å². The molecule has 0 radical (unpaired) electrons. The highest BCUT2D eigenvalue weighted by Gasteiger charge is 2.37. The third-order valence-corrected chi connectivity index (χ3v) is 9.86. The van der Waals surface area contributed by atoms with Gasteiger partial charge in [0.15, 0.2) is 27.7 Å². The highest BCUT2D eigenvalue weighted by molar-refractivity contribution is 7.86. The molecule has 2 aromatic heterocycles. The topological polar surface area (TPSA) is 210 Å². The fourth-order valence-electron chi connectivity index (χ4n) is 5.44. The summed E-state index contributed by atoms with van der Waals surface area (Å²) in [6, 6.07) is 12.6. The van der Waals surface area contributed by atoms with Gasteiger partial charge in [0.2, 0.25) is 0 Å². The Morgan fingerprint density at radius 3 is 2.46 bits per heavy atom. The molecule has 0 spiro atoms. The summed E-state index contributed by atoms with van der Waals surface area (Å²) >= 11 is 1.63. The number of alkyl halides is 6. The molecule has 2 aliphatic heterocycles. The number of rotatable bonds is 13. The van der Waals surface area contributed by atoms with Crippen LogP contribution in [0.25, 0.3) is 16.3 Å². The van der Waals surface area contributed by atoms with Crippen LogP contribution in [-0.4, -0.2) is 95.8 Å². The maximum Gasteiger partial charge on any atom is 0.485 e. The smallest absolute Gasteiger partial charge is 0.485 e. The van der Waals surface area contributed by atoms with Crippen molar-refractivity contribution in [3.63, 3.8) is 0 Å². The SMILES string of the molecule is Cn1n[n+](-c2ccc(-c3nc(CCc4ccc5c(c4)CCO5)cs3)c(OCCN3CCNC3=O)c2)cc1CCCC[NH3+].O=C([O-])C(F)(F)F.O=S(=O)([O-])C(F)(F)F. The number of amides is 2. The lowest BCUT2D eigenvalue weighted by Crippen LogP contribution is -2.50. The minimum atomic E-state index is -6.09. The first-order chi connectivity index (χ1) is 26.8. The van der Waals surface area contributed by atoms with Crippen LogP contribution in [0.2, 0.25) is 0 Å². The molecule has 0 saturated carbocycles. The number of nitrogens with one attached hydrogen (secondary N) is 1. The van der Waals surface area contributed by atoms with Crippen LogP contribution >= 0.6 is 11.3 Å². The fourth-order valence-corrected chi connectivity index (χ4v) is 6.32. The maximum atomic E-state index is 12.0. The largest absolute Gasteiger partial charge is 0.741 e. The van der Waals surface area contributed by atoms with Gasteiger partial charge in [0.1, 0.15) is 36.1 Å². The Morgan fingerprint density at radius 1 is 1.11 bits per heavy atom. The lowest BCUT2D eigenvalue weighted by Gasteiger charge is -2.16. The van der Waals surface area contributed by atoms with E-state index in [1.165, 1.54) is 16.8 Å². The fraction of sp³-hybridized carbons (Fsp3) is 0.441. The van der Waals surface area contributed by atoms with E-state index in [2.05, 4.69) is 53.0 Å². The van der Waals surface area contributed by atoms with Crippen molar-refractivity contribution in [2.45, 2.75) is 50.2 Å². The van der Waals surface area contributed by atoms with Gasteiger partial charge < -0.3 is 39.9 Å². The van der Waals surface area contributed by atoms with Gasteiger partial charge in [0, 0.05) is 37.4 Å². The second-order valence-corrected chi connectivity index (χ2v) is 14.7. The number of hydrogen-bond acceptors (Lipinski definition) is 11.